The Labute approximate surface area is 171 Å². The fourth-order valence-electron chi connectivity index (χ4n) is 2.15. The van der Waals surface area contributed by atoms with Crippen molar-refractivity contribution in [2.75, 3.05) is 0 Å². The Morgan fingerprint density at radius 2 is 2.04 bits per heavy atom. The van der Waals surface area contributed by atoms with Crippen molar-refractivity contribution in [3.8, 4) is 16.5 Å². The van der Waals surface area contributed by atoms with Gasteiger partial charge in [-0.15, -0.1) is 26.6 Å². The first-order valence-corrected chi connectivity index (χ1v) is 10.9. The lowest BCUT2D eigenvalue weighted by molar-refractivity contribution is 0.510. The van der Waals surface area contributed by atoms with E-state index in [0.717, 1.165) is 14.9 Å². The molecule has 0 bridgehead atoms. The van der Waals surface area contributed by atoms with Gasteiger partial charge in [-0.05, 0) is 54.9 Å². The molecule has 0 spiro atoms. The van der Waals surface area contributed by atoms with Crippen molar-refractivity contribution in [2.24, 2.45) is 0 Å². The second kappa shape index (κ2) is 7.61. The zero-order valence-electron chi connectivity index (χ0n) is 13.3. The number of nitrogens with zero attached hydrogens (tertiary/aromatic N) is 4. The Morgan fingerprint density at radius 3 is 2.77 bits per heavy atom. The quantitative estimate of drug-likeness (QED) is 0.270. The van der Waals surface area contributed by atoms with Crippen molar-refractivity contribution in [3.63, 3.8) is 0 Å². The SMILES string of the molecule is CC(Sc1nn(-c2ccc(Cl)cc2)c(=S)s1)c1nnc(-c2cccs2)o1. The van der Waals surface area contributed by atoms with Crippen LogP contribution in [0.15, 0.2) is 50.5 Å². The Kier molecular flexibility index (Phi) is 5.23. The van der Waals surface area contributed by atoms with Gasteiger partial charge in [-0.25, -0.2) is 4.68 Å². The molecule has 10 heteroatoms. The zero-order valence-corrected chi connectivity index (χ0v) is 17.3. The molecule has 0 fully saturated rings. The van der Waals surface area contributed by atoms with Crippen molar-refractivity contribution in [1.29, 1.82) is 0 Å². The number of hydrogen-bond acceptors (Lipinski definition) is 8. The lowest BCUT2D eigenvalue weighted by Gasteiger charge is -2.03. The molecular formula is C16H11ClN4OS4. The molecule has 0 N–H and O–H groups in total. The number of thioether (sulfide) groups is 1. The molecule has 3 heterocycles. The maximum atomic E-state index is 5.94. The van der Waals surface area contributed by atoms with Gasteiger partial charge in [-0.2, -0.15) is 0 Å². The summed E-state index contributed by atoms with van der Waals surface area (Å²) in [6.07, 6.45) is 0. The Morgan fingerprint density at radius 1 is 1.23 bits per heavy atom. The number of rotatable bonds is 5. The summed E-state index contributed by atoms with van der Waals surface area (Å²) in [6, 6.07) is 11.3. The van der Waals surface area contributed by atoms with Gasteiger partial charge in [-0.1, -0.05) is 40.8 Å². The summed E-state index contributed by atoms with van der Waals surface area (Å²) in [7, 11) is 0. The largest absolute Gasteiger partial charge is 0.419 e. The van der Waals surface area contributed by atoms with Gasteiger partial charge in [0.15, 0.2) is 8.29 Å². The van der Waals surface area contributed by atoms with Crippen molar-refractivity contribution in [3.05, 3.63) is 56.6 Å². The Bertz CT molecular complexity index is 1070. The summed E-state index contributed by atoms with van der Waals surface area (Å²) in [5.41, 5.74) is 0.882. The molecule has 0 amide bonds. The van der Waals surface area contributed by atoms with Gasteiger partial charge < -0.3 is 4.42 Å². The van der Waals surface area contributed by atoms with Crippen LogP contribution in [-0.2, 0) is 0 Å². The van der Waals surface area contributed by atoms with E-state index in [1.165, 1.54) is 11.3 Å². The molecule has 26 heavy (non-hydrogen) atoms. The van der Waals surface area contributed by atoms with Crippen LogP contribution >= 0.6 is 58.3 Å². The first-order chi connectivity index (χ1) is 12.6. The molecule has 5 nitrogen and oxygen atoms in total. The normalized spacial score (nSPS) is 12.4. The molecule has 4 rings (SSSR count). The van der Waals surface area contributed by atoms with Crippen LogP contribution < -0.4 is 0 Å². The second-order valence-corrected chi connectivity index (χ2v) is 9.80. The molecular weight excluding hydrogens is 428 g/mol. The summed E-state index contributed by atoms with van der Waals surface area (Å²) in [5, 5.41) is 15.5. The molecule has 1 atom stereocenters. The van der Waals surface area contributed by atoms with E-state index in [1.54, 1.807) is 27.8 Å². The van der Waals surface area contributed by atoms with Crippen molar-refractivity contribution < 1.29 is 4.42 Å². The van der Waals surface area contributed by atoms with Gasteiger partial charge >= 0.3 is 0 Å². The lowest BCUT2D eigenvalue weighted by atomic mass is 10.3. The summed E-state index contributed by atoms with van der Waals surface area (Å²) in [5.74, 6) is 1.11. The van der Waals surface area contributed by atoms with Gasteiger partial charge in [0.25, 0.3) is 5.89 Å². The van der Waals surface area contributed by atoms with Crippen LogP contribution in [0.1, 0.15) is 18.1 Å². The third-order valence-electron chi connectivity index (χ3n) is 3.40. The number of aromatic nitrogens is 4. The number of thiophene rings is 1. The van der Waals surface area contributed by atoms with E-state index in [-0.39, 0.29) is 5.25 Å². The standard InChI is InChI=1S/C16H11ClN4OS4/c1-9(13-18-19-14(22-13)12-3-2-8-24-12)25-15-20-21(16(23)26-15)11-6-4-10(17)5-7-11/h2-9H,1H3. The maximum Gasteiger partial charge on any atom is 0.257 e. The highest BCUT2D eigenvalue weighted by Crippen LogP contribution is 2.37. The fourth-order valence-corrected chi connectivity index (χ4v) is 5.46. The average molecular weight is 439 g/mol. The highest BCUT2D eigenvalue weighted by molar-refractivity contribution is 8.01. The van der Waals surface area contributed by atoms with Gasteiger partial charge in [0.2, 0.25) is 5.89 Å². The van der Waals surface area contributed by atoms with Crippen LogP contribution in [0.5, 0.6) is 0 Å². The smallest absolute Gasteiger partial charge is 0.257 e. The number of benzene rings is 1. The minimum absolute atomic E-state index is 0.0320. The van der Waals surface area contributed by atoms with E-state index in [1.807, 2.05) is 48.7 Å². The van der Waals surface area contributed by atoms with E-state index < -0.39 is 0 Å². The summed E-state index contributed by atoms with van der Waals surface area (Å²) in [6.45, 7) is 2.01. The van der Waals surface area contributed by atoms with Crippen LogP contribution in [0.25, 0.3) is 16.5 Å². The molecule has 3 aromatic heterocycles. The summed E-state index contributed by atoms with van der Waals surface area (Å²) < 4.78 is 9.04. The maximum absolute atomic E-state index is 5.94. The van der Waals surface area contributed by atoms with Gasteiger partial charge in [0, 0.05) is 5.02 Å². The Hall–Kier alpha value is -1.52. The molecule has 132 valence electrons. The zero-order chi connectivity index (χ0) is 18.1. The molecule has 0 aliphatic rings. The minimum atomic E-state index is -0.0320. The Balaban J connectivity index is 1.53. The summed E-state index contributed by atoms with van der Waals surface area (Å²) in [4.78, 5) is 0.962. The molecule has 1 aromatic carbocycles. The van der Waals surface area contributed by atoms with E-state index in [2.05, 4.69) is 15.3 Å². The fraction of sp³-hybridized carbons (Fsp3) is 0.125. The molecule has 1 unspecified atom stereocenters. The van der Waals surface area contributed by atoms with E-state index in [4.69, 9.17) is 28.2 Å². The molecule has 0 aliphatic heterocycles. The third-order valence-corrected chi connectivity index (χ3v) is 6.91. The first kappa shape index (κ1) is 17.9. The second-order valence-electron chi connectivity index (χ2n) is 5.20. The molecule has 4 aromatic rings. The van der Waals surface area contributed by atoms with E-state index in [0.29, 0.717) is 20.8 Å². The highest BCUT2D eigenvalue weighted by Gasteiger charge is 2.19. The van der Waals surface area contributed by atoms with Crippen LogP contribution in [0, 0.1) is 3.95 Å². The van der Waals surface area contributed by atoms with Crippen LogP contribution in [0.3, 0.4) is 0 Å². The van der Waals surface area contributed by atoms with Crippen molar-refractivity contribution in [2.45, 2.75) is 16.5 Å². The van der Waals surface area contributed by atoms with Gasteiger partial charge in [0.1, 0.15) is 0 Å². The first-order valence-electron chi connectivity index (χ1n) is 7.50. The van der Waals surface area contributed by atoms with Gasteiger partial charge in [0.05, 0.1) is 15.8 Å². The van der Waals surface area contributed by atoms with Gasteiger partial charge in [-0.3, -0.25) is 0 Å². The van der Waals surface area contributed by atoms with Crippen molar-refractivity contribution in [1.82, 2.24) is 20.0 Å². The molecule has 0 aliphatic carbocycles. The summed E-state index contributed by atoms with van der Waals surface area (Å²) >= 11 is 15.9. The van der Waals surface area contributed by atoms with Crippen molar-refractivity contribution >= 4 is 58.3 Å². The third kappa shape index (κ3) is 3.77. The van der Waals surface area contributed by atoms with E-state index >= 15 is 0 Å². The monoisotopic (exact) mass is 438 g/mol. The predicted octanol–water partition coefficient (Wildman–Crippen LogP) is 6.28. The van der Waals surface area contributed by atoms with Crippen LogP contribution in [0.2, 0.25) is 5.02 Å². The average Bonchev–Trinajstić information content (AvgIpc) is 3.35. The van der Waals surface area contributed by atoms with E-state index in [9.17, 15) is 0 Å². The molecule has 0 saturated heterocycles. The molecule has 0 saturated carbocycles. The topological polar surface area (TPSA) is 56.7 Å². The number of hydrogen-bond donors (Lipinski definition) is 0. The highest BCUT2D eigenvalue weighted by atomic mass is 35.5. The van der Waals surface area contributed by atoms with Crippen LogP contribution in [-0.4, -0.2) is 20.0 Å². The molecule has 0 radical (unpaired) electrons. The predicted molar refractivity (Wildman–Crippen MR) is 109 cm³/mol. The van der Waals surface area contributed by atoms with Crippen LogP contribution in [0.4, 0.5) is 0 Å². The lowest BCUT2D eigenvalue weighted by Crippen LogP contribution is -1.96. The number of halogens is 1. The minimum Gasteiger partial charge on any atom is -0.419 e.